The standard InChI is InChI=1S/C25H18FNO4S2/c1-30-21-13-17(7-12-20(21)31-24(29)18-8-10-19(26)11-9-18)14-22-23(28)27(25(32)33-22)15-16-5-3-2-4-6-16/h2-14H,15H2,1H3/b22-14-. The Bertz CT molecular complexity index is 1240. The molecule has 1 amide bonds. The minimum Gasteiger partial charge on any atom is -0.493 e. The van der Waals surface area contributed by atoms with Crippen LogP contribution < -0.4 is 9.47 Å². The molecular formula is C25H18FNO4S2. The van der Waals surface area contributed by atoms with E-state index in [1.165, 1.54) is 43.1 Å². The van der Waals surface area contributed by atoms with E-state index >= 15 is 0 Å². The molecule has 0 aliphatic carbocycles. The summed E-state index contributed by atoms with van der Waals surface area (Å²) in [6.45, 7) is 0.407. The lowest BCUT2D eigenvalue weighted by atomic mass is 10.1. The van der Waals surface area contributed by atoms with Crippen LogP contribution >= 0.6 is 24.0 Å². The molecule has 0 radical (unpaired) electrons. The van der Waals surface area contributed by atoms with Crippen molar-refractivity contribution in [1.82, 2.24) is 4.90 Å². The molecule has 0 saturated carbocycles. The average molecular weight is 480 g/mol. The number of methoxy groups -OCH3 is 1. The molecule has 0 aromatic heterocycles. The van der Waals surface area contributed by atoms with Crippen LogP contribution in [0.2, 0.25) is 0 Å². The van der Waals surface area contributed by atoms with Crippen LogP contribution in [0.1, 0.15) is 21.5 Å². The fraction of sp³-hybridized carbons (Fsp3) is 0.0800. The molecule has 1 fully saturated rings. The van der Waals surface area contributed by atoms with Gasteiger partial charge >= 0.3 is 5.97 Å². The Morgan fingerprint density at radius 1 is 1.06 bits per heavy atom. The number of rotatable bonds is 6. The summed E-state index contributed by atoms with van der Waals surface area (Å²) < 4.78 is 24.3. The zero-order valence-corrected chi connectivity index (χ0v) is 19.1. The van der Waals surface area contributed by atoms with E-state index in [9.17, 15) is 14.0 Å². The van der Waals surface area contributed by atoms with Crippen LogP contribution in [0.15, 0.2) is 77.7 Å². The molecule has 1 aliphatic heterocycles. The zero-order valence-electron chi connectivity index (χ0n) is 17.5. The number of amides is 1. The minimum atomic E-state index is -0.636. The second-order valence-corrected chi connectivity index (χ2v) is 8.74. The summed E-state index contributed by atoms with van der Waals surface area (Å²) in [5.41, 5.74) is 1.89. The summed E-state index contributed by atoms with van der Waals surface area (Å²) in [5, 5.41) is 0. The molecule has 3 aromatic rings. The maximum absolute atomic E-state index is 13.1. The van der Waals surface area contributed by atoms with Gasteiger partial charge in [-0.1, -0.05) is 60.4 Å². The summed E-state index contributed by atoms with van der Waals surface area (Å²) in [7, 11) is 1.45. The van der Waals surface area contributed by atoms with Crippen LogP contribution in [0.25, 0.3) is 6.08 Å². The van der Waals surface area contributed by atoms with E-state index in [2.05, 4.69) is 0 Å². The summed E-state index contributed by atoms with van der Waals surface area (Å²) in [6.07, 6.45) is 1.72. The van der Waals surface area contributed by atoms with E-state index in [-0.39, 0.29) is 17.2 Å². The van der Waals surface area contributed by atoms with Crippen LogP contribution in [-0.2, 0) is 11.3 Å². The quantitative estimate of drug-likeness (QED) is 0.203. The van der Waals surface area contributed by atoms with Crippen LogP contribution in [-0.4, -0.2) is 28.2 Å². The highest BCUT2D eigenvalue weighted by Gasteiger charge is 2.32. The lowest BCUT2D eigenvalue weighted by Gasteiger charge is -2.14. The van der Waals surface area contributed by atoms with Crippen molar-refractivity contribution in [3.8, 4) is 11.5 Å². The molecule has 0 unspecified atom stereocenters. The van der Waals surface area contributed by atoms with Crippen molar-refractivity contribution in [2.75, 3.05) is 7.11 Å². The zero-order chi connectivity index (χ0) is 23.4. The molecule has 5 nitrogen and oxygen atoms in total. The molecule has 0 spiro atoms. The fourth-order valence-corrected chi connectivity index (χ4v) is 4.41. The predicted octanol–water partition coefficient (Wildman–Crippen LogP) is 5.45. The lowest BCUT2D eigenvalue weighted by Crippen LogP contribution is -2.27. The highest BCUT2D eigenvalue weighted by Crippen LogP contribution is 2.35. The molecule has 0 atom stereocenters. The van der Waals surface area contributed by atoms with E-state index in [0.29, 0.717) is 27.1 Å². The highest BCUT2D eigenvalue weighted by atomic mass is 32.2. The smallest absolute Gasteiger partial charge is 0.343 e. The van der Waals surface area contributed by atoms with Crippen LogP contribution in [0.3, 0.4) is 0 Å². The van der Waals surface area contributed by atoms with E-state index in [1.807, 2.05) is 30.3 Å². The van der Waals surface area contributed by atoms with Crippen molar-refractivity contribution < 1.29 is 23.5 Å². The molecule has 3 aromatic carbocycles. The van der Waals surface area contributed by atoms with Gasteiger partial charge in [-0.05, 0) is 53.6 Å². The van der Waals surface area contributed by atoms with Gasteiger partial charge in [-0.3, -0.25) is 9.69 Å². The Labute approximate surface area is 199 Å². The Kier molecular flexibility index (Phi) is 6.86. The SMILES string of the molecule is COc1cc(/C=C2\SC(=S)N(Cc3ccccc3)C2=O)ccc1OC(=O)c1ccc(F)cc1. The first kappa shape index (κ1) is 22.7. The largest absolute Gasteiger partial charge is 0.493 e. The molecule has 4 rings (SSSR count). The molecule has 0 bridgehead atoms. The molecule has 8 heteroatoms. The topological polar surface area (TPSA) is 55.8 Å². The first-order valence-electron chi connectivity index (χ1n) is 9.89. The van der Waals surface area contributed by atoms with Crippen LogP contribution in [0, 0.1) is 5.82 Å². The maximum Gasteiger partial charge on any atom is 0.343 e. The summed E-state index contributed by atoms with van der Waals surface area (Å²) in [6, 6.07) is 19.6. The number of esters is 1. The Morgan fingerprint density at radius 2 is 1.79 bits per heavy atom. The third-order valence-corrected chi connectivity index (χ3v) is 6.20. The minimum absolute atomic E-state index is 0.167. The van der Waals surface area contributed by atoms with Gasteiger partial charge in [0, 0.05) is 0 Å². The van der Waals surface area contributed by atoms with Gasteiger partial charge in [-0.25, -0.2) is 9.18 Å². The number of thioether (sulfide) groups is 1. The number of halogens is 1. The van der Waals surface area contributed by atoms with Gasteiger partial charge in [0.1, 0.15) is 10.1 Å². The van der Waals surface area contributed by atoms with Gasteiger partial charge in [0.15, 0.2) is 11.5 Å². The van der Waals surface area contributed by atoms with Gasteiger partial charge in [0.2, 0.25) is 0 Å². The van der Waals surface area contributed by atoms with Gasteiger partial charge in [-0.15, -0.1) is 0 Å². The molecule has 33 heavy (non-hydrogen) atoms. The number of ether oxygens (including phenoxy) is 2. The number of hydrogen-bond donors (Lipinski definition) is 0. The summed E-state index contributed by atoms with van der Waals surface area (Å²) in [4.78, 5) is 27.3. The number of thiocarbonyl (C=S) groups is 1. The van der Waals surface area contributed by atoms with Crippen molar-refractivity contribution >= 4 is 46.3 Å². The Morgan fingerprint density at radius 3 is 2.48 bits per heavy atom. The summed E-state index contributed by atoms with van der Waals surface area (Å²) >= 11 is 6.64. The van der Waals surface area contributed by atoms with E-state index in [0.717, 1.165) is 5.56 Å². The third kappa shape index (κ3) is 5.30. The van der Waals surface area contributed by atoms with E-state index in [1.54, 1.807) is 29.2 Å². The van der Waals surface area contributed by atoms with Crippen molar-refractivity contribution in [1.29, 1.82) is 0 Å². The Hall–Kier alpha value is -3.49. The average Bonchev–Trinajstić information content (AvgIpc) is 3.08. The number of hydrogen-bond acceptors (Lipinski definition) is 6. The second-order valence-electron chi connectivity index (χ2n) is 7.06. The normalized spacial score (nSPS) is 14.6. The third-order valence-electron chi connectivity index (χ3n) is 4.83. The van der Waals surface area contributed by atoms with E-state index < -0.39 is 11.8 Å². The van der Waals surface area contributed by atoms with Crippen molar-refractivity contribution in [3.05, 3.63) is 100 Å². The van der Waals surface area contributed by atoms with Crippen LogP contribution in [0.5, 0.6) is 11.5 Å². The lowest BCUT2D eigenvalue weighted by molar-refractivity contribution is -0.122. The van der Waals surface area contributed by atoms with Gasteiger partial charge < -0.3 is 9.47 Å². The number of carbonyl (C=O) groups excluding carboxylic acids is 2. The maximum atomic E-state index is 13.1. The van der Waals surface area contributed by atoms with Crippen molar-refractivity contribution in [2.45, 2.75) is 6.54 Å². The number of nitrogens with zero attached hydrogens (tertiary/aromatic N) is 1. The van der Waals surface area contributed by atoms with Gasteiger partial charge in [0.05, 0.1) is 24.1 Å². The predicted molar refractivity (Wildman–Crippen MR) is 130 cm³/mol. The Balaban J connectivity index is 1.51. The monoisotopic (exact) mass is 479 g/mol. The first-order chi connectivity index (χ1) is 15.9. The second kappa shape index (κ2) is 9.97. The highest BCUT2D eigenvalue weighted by molar-refractivity contribution is 8.26. The van der Waals surface area contributed by atoms with Crippen molar-refractivity contribution in [2.24, 2.45) is 0 Å². The summed E-state index contributed by atoms with van der Waals surface area (Å²) in [5.74, 6) is -0.718. The van der Waals surface area contributed by atoms with E-state index in [4.69, 9.17) is 21.7 Å². The number of carbonyl (C=O) groups is 2. The molecule has 1 saturated heterocycles. The molecule has 0 N–H and O–H groups in total. The molecule has 166 valence electrons. The fourth-order valence-electron chi connectivity index (χ4n) is 3.16. The number of benzene rings is 3. The first-order valence-corrected chi connectivity index (χ1v) is 11.1. The molecule has 1 heterocycles. The molecule has 1 aliphatic rings. The van der Waals surface area contributed by atoms with Crippen LogP contribution in [0.4, 0.5) is 4.39 Å². The van der Waals surface area contributed by atoms with Gasteiger partial charge in [-0.2, -0.15) is 0 Å². The van der Waals surface area contributed by atoms with Crippen molar-refractivity contribution in [3.63, 3.8) is 0 Å². The molecular weight excluding hydrogens is 461 g/mol. The van der Waals surface area contributed by atoms with Gasteiger partial charge in [0.25, 0.3) is 5.91 Å².